The van der Waals surface area contributed by atoms with Gasteiger partial charge in [0.2, 0.25) is 0 Å². The molecular weight excluding hydrogens is 190 g/mol. The Morgan fingerprint density at radius 3 is 2.73 bits per heavy atom. The lowest BCUT2D eigenvalue weighted by Crippen LogP contribution is -1.99. The van der Waals surface area contributed by atoms with Crippen LogP contribution >= 0.6 is 0 Å². The molecule has 0 radical (unpaired) electrons. The van der Waals surface area contributed by atoms with E-state index in [1.807, 2.05) is 42.3 Å². The van der Waals surface area contributed by atoms with Gasteiger partial charge in [-0.2, -0.15) is 5.10 Å². The average Bonchev–Trinajstić information content (AvgIpc) is 2.76. The number of aliphatic hydroxyl groups excluding tert-OH is 1. The molecular formula is C11H15N3O. The average molecular weight is 205 g/mol. The predicted molar refractivity (Wildman–Crippen MR) is 57.4 cm³/mol. The van der Waals surface area contributed by atoms with Crippen molar-refractivity contribution in [1.82, 2.24) is 14.3 Å². The van der Waals surface area contributed by atoms with Crippen LogP contribution in [-0.2, 0) is 13.6 Å². The van der Waals surface area contributed by atoms with Crippen LogP contribution in [0.4, 0.5) is 0 Å². The number of aryl methyl sites for hydroxylation is 1. The summed E-state index contributed by atoms with van der Waals surface area (Å²) >= 11 is 0. The van der Waals surface area contributed by atoms with E-state index in [0.29, 0.717) is 0 Å². The lowest BCUT2D eigenvalue weighted by Gasteiger charge is -2.00. The Bertz CT molecular complexity index is 442. The first-order valence-corrected chi connectivity index (χ1v) is 4.97. The van der Waals surface area contributed by atoms with Crippen LogP contribution < -0.4 is 0 Å². The number of nitrogens with zero attached hydrogens (tertiary/aromatic N) is 3. The standard InChI is InChI=1S/C11H15N3O/c1-9(15)10-3-6-14(7-10)8-11-4-5-13(2)12-11/h3-7,9,15H,8H2,1-2H3. The first kappa shape index (κ1) is 9.98. The van der Waals surface area contributed by atoms with E-state index in [1.54, 1.807) is 11.6 Å². The van der Waals surface area contributed by atoms with Gasteiger partial charge in [0.05, 0.1) is 18.3 Å². The summed E-state index contributed by atoms with van der Waals surface area (Å²) in [5.74, 6) is 0. The fourth-order valence-electron chi connectivity index (χ4n) is 1.54. The van der Waals surface area contributed by atoms with Crippen LogP contribution in [0.3, 0.4) is 0 Å². The second kappa shape index (κ2) is 3.90. The molecule has 15 heavy (non-hydrogen) atoms. The fourth-order valence-corrected chi connectivity index (χ4v) is 1.54. The van der Waals surface area contributed by atoms with Gasteiger partial charge in [0.25, 0.3) is 0 Å². The molecule has 0 aliphatic rings. The highest BCUT2D eigenvalue weighted by Gasteiger charge is 2.03. The van der Waals surface area contributed by atoms with Gasteiger partial charge < -0.3 is 9.67 Å². The quantitative estimate of drug-likeness (QED) is 0.821. The van der Waals surface area contributed by atoms with E-state index >= 15 is 0 Å². The van der Waals surface area contributed by atoms with Crippen LogP contribution in [0.1, 0.15) is 24.3 Å². The molecule has 0 aliphatic heterocycles. The molecule has 2 heterocycles. The first-order chi connectivity index (χ1) is 7.15. The zero-order valence-electron chi connectivity index (χ0n) is 8.96. The Labute approximate surface area is 88.8 Å². The molecule has 2 rings (SSSR count). The van der Waals surface area contributed by atoms with E-state index in [0.717, 1.165) is 17.8 Å². The van der Waals surface area contributed by atoms with Crippen molar-refractivity contribution in [3.05, 3.63) is 42.0 Å². The maximum Gasteiger partial charge on any atom is 0.0821 e. The molecule has 1 atom stereocenters. The highest BCUT2D eigenvalue weighted by molar-refractivity contribution is 5.14. The normalized spacial score (nSPS) is 13.0. The molecule has 0 bridgehead atoms. The van der Waals surface area contributed by atoms with Crippen molar-refractivity contribution in [3.63, 3.8) is 0 Å². The summed E-state index contributed by atoms with van der Waals surface area (Å²) in [5.41, 5.74) is 1.95. The summed E-state index contributed by atoms with van der Waals surface area (Å²) in [4.78, 5) is 0. The lowest BCUT2D eigenvalue weighted by atomic mass is 10.2. The molecule has 2 aromatic heterocycles. The van der Waals surface area contributed by atoms with E-state index in [9.17, 15) is 5.11 Å². The summed E-state index contributed by atoms with van der Waals surface area (Å²) in [5, 5.41) is 13.7. The van der Waals surface area contributed by atoms with Gasteiger partial charge in [0.15, 0.2) is 0 Å². The van der Waals surface area contributed by atoms with Crippen LogP contribution in [0.15, 0.2) is 30.7 Å². The molecule has 0 amide bonds. The number of aromatic nitrogens is 3. The van der Waals surface area contributed by atoms with Crippen LogP contribution in [0.5, 0.6) is 0 Å². The van der Waals surface area contributed by atoms with Gasteiger partial charge in [-0.1, -0.05) is 0 Å². The Morgan fingerprint density at radius 1 is 1.40 bits per heavy atom. The van der Waals surface area contributed by atoms with Crippen molar-refractivity contribution in [1.29, 1.82) is 0 Å². The second-order valence-electron chi connectivity index (χ2n) is 3.77. The summed E-state index contributed by atoms with van der Waals surface area (Å²) in [6.45, 7) is 2.51. The van der Waals surface area contributed by atoms with Crippen LogP contribution in [0.2, 0.25) is 0 Å². The predicted octanol–water partition coefficient (Wildman–Crippen LogP) is 1.32. The van der Waals surface area contributed by atoms with Gasteiger partial charge in [0, 0.05) is 25.6 Å². The summed E-state index contributed by atoms with van der Waals surface area (Å²) in [7, 11) is 1.90. The van der Waals surface area contributed by atoms with Gasteiger partial charge in [-0.3, -0.25) is 4.68 Å². The summed E-state index contributed by atoms with van der Waals surface area (Å²) in [6, 6.07) is 3.91. The molecule has 1 unspecified atom stereocenters. The topological polar surface area (TPSA) is 43.0 Å². The summed E-state index contributed by atoms with van der Waals surface area (Å²) in [6.07, 6.45) is 5.42. The third-order valence-electron chi connectivity index (χ3n) is 2.37. The van der Waals surface area contributed by atoms with Crippen molar-refractivity contribution in [2.75, 3.05) is 0 Å². The Balaban J connectivity index is 2.11. The van der Waals surface area contributed by atoms with Crippen LogP contribution in [0.25, 0.3) is 0 Å². The molecule has 0 spiro atoms. The zero-order chi connectivity index (χ0) is 10.8. The zero-order valence-corrected chi connectivity index (χ0v) is 8.96. The van der Waals surface area contributed by atoms with Crippen molar-refractivity contribution >= 4 is 0 Å². The van der Waals surface area contributed by atoms with Crippen molar-refractivity contribution in [2.45, 2.75) is 19.6 Å². The minimum atomic E-state index is -0.407. The maximum atomic E-state index is 9.37. The molecule has 0 aromatic carbocycles. The number of aliphatic hydroxyl groups is 1. The second-order valence-corrected chi connectivity index (χ2v) is 3.77. The molecule has 80 valence electrons. The van der Waals surface area contributed by atoms with Crippen LogP contribution in [0, 0.1) is 0 Å². The van der Waals surface area contributed by atoms with E-state index < -0.39 is 6.10 Å². The van der Waals surface area contributed by atoms with Crippen molar-refractivity contribution in [3.8, 4) is 0 Å². The molecule has 0 saturated heterocycles. The Morgan fingerprint density at radius 2 is 2.20 bits per heavy atom. The van der Waals surface area contributed by atoms with Crippen LogP contribution in [-0.4, -0.2) is 19.5 Å². The molecule has 0 saturated carbocycles. The monoisotopic (exact) mass is 205 g/mol. The van der Waals surface area contributed by atoms with Crippen molar-refractivity contribution in [2.24, 2.45) is 7.05 Å². The third-order valence-corrected chi connectivity index (χ3v) is 2.37. The molecule has 4 nitrogen and oxygen atoms in total. The summed E-state index contributed by atoms with van der Waals surface area (Å²) < 4.78 is 3.80. The van der Waals surface area contributed by atoms with E-state index in [-0.39, 0.29) is 0 Å². The van der Waals surface area contributed by atoms with Gasteiger partial charge in [-0.25, -0.2) is 0 Å². The Hall–Kier alpha value is -1.55. The molecule has 0 fully saturated rings. The highest BCUT2D eigenvalue weighted by Crippen LogP contribution is 2.12. The van der Waals surface area contributed by atoms with E-state index in [1.165, 1.54) is 0 Å². The number of rotatable bonds is 3. The molecule has 4 heteroatoms. The van der Waals surface area contributed by atoms with Gasteiger partial charge in [-0.15, -0.1) is 0 Å². The smallest absolute Gasteiger partial charge is 0.0821 e. The Kier molecular flexibility index (Phi) is 2.60. The third kappa shape index (κ3) is 2.27. The molecule has 0 aliphatic carbocycles. The number of hydrogen-bond acceptors (Lipinski definition) is 2. The SMILES string of the molecule is CC(O)c1ccn(Cc2ccn(C)n2)c1. The molecule has 2 aromatic rings. The van der Waals surface area contributed by atoms with Gasteiger partial charge in [-0.05, 0) is 24.6 Å². The van der Waals surface area contributed by atoms with E-state index in [2.05, 4.69) is 5.10 Å². The minimum absolute atomic E-state index is 0.407. The lowest BCUT2D eigenvalue weighted by molar-refractivity contribution is 0.199. The van der Waals surface area contributed by atoms with Gasteiger partial charge >= 0.3 is 0 Å². The number of hydrogen-bond donors (Lipinski definition) is 1. The minimum Gasteiger partial charge on any atom is -0.389 e. The largest absolute Gasteiger partial charge is 0.389 e. The van der Waals surface area contributed by atoms with Gasteiger partial charge in [0.1, 0.15) is 0 Å². The van der Waals surface area contributed by atoms with E-state index in [4.69, 9.17) is 0 Å². The van der Waals surface area contributed by atoms with Crippen molar-refractivity contribution < 1.29 is 5.11 Å². The highest BCUT2D eigenvalue weighted by atomic mass is 16.3. The maximum absolute atomic E-state index is 9.37. The fraction of sp³-hybridized carbons (Fsp3) is 0.364. The first-order valence-electron chi connectivity index (χ1n) is 4.97. The molecule has 1 N–H and O–H groups in total.